The highest BCUT2D eigenvalue weighted by Gasteiger charge is 2.14. The first-order chi connectivity index (χ1) is 7.34. The summed E-state index contributed by atoms with van der Waals surface area (Å²) in [5.41, 5.74) is 2.42. The van der Waals surface area contributed by atoms with Gasteiger partial charge in [-0.2, -0.15) is 0 Å². The van der Waals surface area contributed by atoms with Crippen LogP contribution >= 0.6 is 0 Å². The monoisotopic (exact) mass is 205 g/mol. The Morgan fingerprint density at radius 3 is 2.87 bits per heavy atom. The topological polar surface area (TPSA) is 21.3 Å². The number of aryl methyl sites for hydroxylation is 1. The highest BCUT2D eigenvalue weighted by Crippen LogP contribution is 2.20. The normalized spacial score (nSPS) is 16.9. The highest BCUT2D eigenvalue weighted by molar-refractivity contribution is 5.44. The Balaban J connectivity index is 1.73. The second-order valence-corrected chi connectivity index (χ2v) is 4.26. The molecule has 0 aromatic heterocycles. The van der Waals surface area contributed by atoms with E-state index < -0.39 is 0 Å². The van der Waals surface area contributed by atoms with Gasteiger partial charge in [0, 0.05) is 5.69 Å². The van der Waals surface area contributed by atoms with Gasteiger partial charge < -0.3 is 10.1 Å². The van der Waals surface area contributed by atoms with Gasteiger partial charge in [-0.3, -0.25) is 0 Å². The molecule has 1 N–H and O–H groups in total. The third-order valence-electron chi connectivity index (χ3n) is 2.92. The summed E-state index contributed by atoms with van der Waals surface area (Å²) in [5, 5.41) is 3.29. The van der Waals surface area contributed by atoms with Gasteiger partial charge in [0.05, 0.1) is 6.10 Å². The van der Waals surface area contributed by atoms with E-state index in [1.54, 1.807) is 0 Å². The minimum atomic E-state index is 0.488. The molecule has 2 heteroatoms. The lowest BCUT2D eigenvalue weighted by atomic mass is 10.2. The van der Waals surface area contributed by atoms with Gasteiger partial charge in [0.15, 0.2) is 0 Å². The van der Waals surface area contributed by atoms with Crippen molar-refractivity contribution >= 4 is 5.69 Å². The van der Waals surface area contributed by atoms with Gasteiger partial charge in [0.2, 0.25) is 0 Å². The quantitative estimate of drug-likeness (QED) is 0.761. The van der Waals surface area contributed by atoms with Gasteiger partial charge in [-0.15, -0.1) is 0 Å². The van der Waals surface area contributed by atoms with E-state index in [1.807, 2.05) is 0 Å². The van der Waals surface area contributed by atoms with E-state index in [2.05, 4.69) is 36.5 Å². The summed E-state index contributed by atoms with van der Waals surface area (Å²) in [6.45, 7) is 2.73. The van der Waals surface area contributed by atoms with E-state index in [4.69, 9.17) is 4.74 Å². The Bertz CT molecular complexity index is 305. The first-order valence-corrected chi connectivity index (χ1v) is 5.77. The fraction of sp³-hybridized carbons (Fsp3) is 0.538. The molecular formula is C13H19NO. The van der Waals surface area contributed by atoms with Crippen molar-refractivity contribution in [1.82, 2.24) is 0 Å². The maximum absolute atomic E-state index is 5.74. The zero-order valence-electron chi connectivity index (χ0n) is 9.33. The van der Waals surface area contributed by atoms with E-state index in [9.17, 15) is 0 Å². The standard InChI is InChI=1S/C13H19NO/c1-11-5-4-6-12(9-11)14-10-15-13-7-2-3-8-13/h4-6,9,13-14H,2-3,7-8,10H2,1H3. The lowest BCUT2D eigenvalue weighted by Gasteiger charge is -2.12. The molecule has 0 aliphatic heterocycles. The molecule has 0 unspecified atom stereocenters. The summed E-state index contributed by atoms with van der Waals surface area (Å²) in [4.78, 5) is 0. The highest BCUT2D eigenvalue weighted by atomic mass is 16.5. The Morgan fingerprint density at radius 2 is 2.13 bits per heavy atom. The van der Waals surface area contributed by atoms with Gasteiger partial charge in [0.1, 0.15) is 6.73 Å². The van der Waals surface area contributed by atoms with Crippen LogP contribution in [0, 0.1) is 6.92 Å². The molecule has 0 atom stereocenters. The van der Waals surface area contributed by atoms with Crippen molar-refractivity contribution in [1.29, 1.82) is 0 Å². The van der Waals surface area contributed by atoms with Crippen molar-refractivity contribution in [2.24, 2.45) is 0 Å². The molecule has 0 bridgehead atoms. The minimum Gasteiger partial charge on any atom is -0.363 e. The summed E-state index contributed by atoms with van der Waals surface area (Å²) < 4.78 is 5.74. The third-order valence-corrected chi connectivity index (χ3v) is 2.92. The Morgan fingerprint density at radius 1 is 1.33 bits per heavy atom. The van der Waals surface area contributed by atoms with Gasteiger partial charge in [-0.25, -0.2) is 0 Å². The van der Waals surface area contributed by atoms with Crippen LogP contribution in [0.2, 0.25) is 0 Å². The van der Waals surface area contributed by atoms with Gasteiger partial charge >= 0.3 is 0 Å². The van der Waals surface area contributed by atoms with Crippen LogP contribution in [-0.2, 0) is 4.74 Å². The van der Waals surface area contributed by atoms with E-state index in [0.29, 0.717) is 12.8 Å². The van der Waals surface area contributed by atoms with E-state index in [0.717, 1.165) is 5.69 Å². The number of hydrogen-bond donors (Lipinski definition) is 1. The fourth-order valence-electron chi connectivity index (χ4n) is 2.05. The number of benzene rings is 1. The van der Waals surface area contributed by atoms with Gasteiger partial charge in [-0.1, -0.05) is 25.0 Å². The molecule has 0 amide bonds. The van der Waals surface area contributed by atoms with Crippen LogP contribution in [0.1, 0.15) is 31.2 Å². The van der Waals surface area contributed by atoms with E-state index in [-0.39, 0.29) is 0 Å². The van der Waals surface area contributed by atoms with Crippen molar-refractivity contribution in [3.63, 3.8) is 0 Å². The zero-order valence-corrected chi connectivity index (χ0v) is 9.33. The molecule has 82 valence electrons. The van der Waals surface area contributed by atoms with Crippen molar-refractivity contribution in [2.45, 2.75) is 38.7 Å². The van der Waals surface area contributed by atoms with Crippen LogP contribution < -0.4 is 5.32 Å². The molecule has 1 saturated carbocycles. The molecule has 0 spiro atoms. The van der Waals surface area contributed by atoms with Crippen LogP contribution in [-0.4, -0.2) is 12.8 Å². The second kappa shape index (κ2) is 5.17. The summed E-state index contributed by atoms with van der Waals surface area (Å²) in [6, 6.07) is 8.37. The molecule has 1 aliphatic carbocycles. The van der Waals surface area contributed by atoms with Crippen LogP contribution in [0.3, 0.4) is 0 Å². The number of anilines is 1. The summed E-state index contributed by atoms with van der Waals surface area (Å²) in [6.07, 6.45) is 5.61. The Labute approximate surface area is 91.6 Å². The predicted octanol–water partition coefficient (Wildman–Crippen LogP) is 3.32. The summed E-state index contributed by atoms with van der Waals surface area (Å²) in [7, 11) is 0. The van der Waals surface area contributed by atoms with Crippen molar-refractivity contribution in [2.75, 3.05) is 12.0 Å². The lowest BCUT2D eigenvalue weighted by Crippen LogP contribution is -2.14. The molecule has 1 aromatic rings. The molecule has 1 aromatic carbocycles. The Kier molecular flexibility index (Phi) is 3.62. The molecule has 0 radical (unpaired) electrons. The maximum atomic E-state index is 5.74. The molecule has 2 nitrogen and oxygen atoms in total. The van der Waals surface area contributed by atoms with E-state index in [1.165, 1.54) is 31.2 Å². The van der Waals surface area contributed by atoms with Crippen LogP contribution in [0.4, 0.5) is 5.69 Å². The van der Waals surface area contributed by atoms with Crippen LogP contribution in [0.15, 0.2) is 24.3 Å². The molecule has 1 fully saturated rings. The fourth-order valence-corrected chi connectivity index (χ4v) is 2.05. The van der Waals surface area contributed by atoms with Crippen molar-refractivity contribution < 1.29 is 4.74 Å². The Hall–Kier alpha value is -1.02. The SMILES string of the molecule is Cc1cccc(NCOC2CCCC2)c1. The number of ether oxygens (including phenoxy) is 1. The van der Waals surface area contributed by atoms with Gasteiger partial charge in [0.25, 0.3) is 0 Å². The predicted molar refractivity (Wildman–Crippen MR) is 63.0 cm³/mol. The molecule has 15 heavy (non-hydrogen) atoms. The third kappa shape index (κ3) is 3.24. The smallest absolute Gasteiger partial charge is 0.116 e. The summed E-state index contributed by atoms with van der Waals surface area (Å²) in [5.74, 6) is 0. The summed E-state index contributed by atoms with van der Waals surface area (Å²) >= 11 is 0. The first kappa shape index (κ1) is 10.5. The average Bonchev–Trinajstić information content (AvgIpc) is 2.71. The molecule has 2 rings (SSSR count). The first-order valence-electron chi connectivity index (χ1n) is 5.77. The number of nitrogens with one attached hydrogen (secondary N) is 1. The largest absolute Gasteiger partial charge is 0.363 e. The van der Waals surface area contributed by atoms with Crippen LogP contribution in [0.5, 0.6) is 0 Å². The molecule has 0 saturated heterocycles. The molecule has 1 aliphatic rings. The number of rotatable bonds is 4. The zero-order chi connectivity index (χ0) is 10.5. The van der Waals surface area contributed by atoms with E-state index >= 15 is 0 Å². The van der Waals surface area contributed by atoms with Crippen molar-refractivity contribution in [3.8, 4) is 0 Å². The van der Waals surface area contributed by atoms with Gasteiger partial charge in [-0.05, 0) is 37.5 Å². The average molecular weight is 205 g/mol. The van der Waals surface area contributed by atoms with Crippen LogP contribution in [0.25, 0.3) is 0 Å². The minimum absolute atomic E-state index is 0.488. The molecular weight excluding hydrogens is 186 g/mol. The number of hydrogen-bond acceptors (Lipinski definition) is 2. The lowest BCUT2D eigenvalue weighted by molar-refractivity contribution is 0.0722. The maximum Gasteiger partial charge on any atom is 0.116 e. The molecule has 0 heterocycles. The van der Waals surface area contributed by atoms with Crippen molar-refractivity contribution in [3.05, 3.63) is 29.8 Å². The second-order valence-electron chi connectivity index (χ2n) is 4.26.